The van der Waals surface area contributed by atoms with Gasteiger partial charge in [0.2, 0.25) is 0 Å². The molecule has 0 unspecified atom stereocenters. The van der Waals surface area contributed by atoms with Gasteiger partial charge in [-0.05, 0) is 30.7 Å². The summed E-state index contributed by atoms with van der Waals surface area (Å²) < 4.78 is 0. The van der Waals surface area contributed by atoms with Crippen molar-refractivity contribution in [3.63, 3.8) is 0 Å². The molecule has 0 saturated carbocycles. The van der Waals surface area contributed by atoms with Crippen LogP contribution in [0.5, 0.6) is 0 Å². The van der Waals surface area contributed by atoms with Gasteiger partial charge in [-0.25, -0.2) is 4.79 Å². The number of piperazine rings is 1. The maximum Gasteiger partial charge on any atom is 0.321 e. The van der Waals surface area contributed by atoms with E-state index in [1.165, 1.54) is 12.1 Å². The lowest BCUT2D eigenvalue weighted by Crippen LogP contribution is -2.51. The van der Waals surface area contributed by atoms with Gasteiger partial charge in [0.1, 0.15) is 0 Å². The number of hydrogen-bond acceptors (Lipinski definition) is 4. The third-order valence-electron chi connectivity index (χ3n) is 5.23. The topological polar surface area (TPSA) is 112 Å². The van der Waals surface area contributed by atoms with E-state index in [4.69, 9.17) is 0 Å². The number of aromatic nitrogens is 1. The normalized spacial score (nSPS) is 14.0. The lowest BCUT2D eigenvalue weighted by molar-refractivity contribution is -0.384. The van der Waals surface area contributed by atoms with Crippen LogP contribution in [0.3, 0.4) is 0 Å². The Morgan fingerprint density at radius 3 is 2.50 bits per heavy atom. The SMILES string of the molecule is Cc1cccc(NC(=O)N2CCN(C(=O)c3c[nH]c4ccc([N+](=O)[O-])cc34)CC2)c1. The highest BCUT2D eigenvalue weighted by Gasteiger charge is 2.26. The highest BCUT2D eigenvalue weighted by atomic mass is 16.6. The van der Waals surface area contributed by atoms with Crippen LogP contribution in [0.4, 0.5) is 16.2 Å². The molecule has 0 aliphatic carbocycles. The average molecular weight is 407 g/mol. The summed E-state index contributed by atoms with van der Waals surface area (Å²) in [5.41, 5.74) is 2.79. The Bertz CT molecular complexity index is 1130. The van der Waals surface area contributed by atoms with E-state index < -0.39 is 4.92 Å². The number of benzene rings is 2. The van der Waals surface area contributed by atoms with Crippen molar-refractivity contribution in [3.05, 3.63) is 69.9 Å². The van der Waals surface area contributed by atoms with E-state index in [0.717, 1.165) is 11.3 Å². The van der Waals surface area contributed by atoms with Gasteiger partial charge in [-0.1, -0.05) is 12.1 Å². The van der Waals surface area contributed by atoms with Crippen LogP contribution >= 0.6 is 0 Å². The van der Waals surface area contributed by atoms with Crippen molar-refractivity contribution >= 4 is 34.2 Å². The van der Waals surface area contributed by atoms with Crippen LogP contribution in [0.25, 0.3) is 10.9 Å². The van der Waals surface area contributed by atoms with Crippen molar-refractivity contribution in [2.75, 3.05) is 31.5 Å². The molecule has 0 radical (unpaired) electrons. The van der Waals surface area contributed by atoms with Gasteiger partial charge in [0, 0.05) is 61.1 Å². The number of amides is 3. The summed E-state index contributed by atoms with van der Waals surface area (Å²) in [6, 6.07) is 11.8. The molecule has 30 heavy (non-hydrogen) atoms. The quantitative estimate of drug-likeness (QED) is 0.512. The van der Waals surface area contributed by atoms with Gasteiger partial charge in [0.15, 0.2) is 0 Å². The van der Waals surface area contributed by atoms with Crippen LogP contribution in [-0.4, -0.2) is 57.8 Å². The largest absolute Gasteiger partial charge is 0.360 e. The number of hydrogen-bond donors (Lipinski definition) is 2. The van der Waals surface area contributed by atoms with E-state index in [1.807, 2.05) is 31.2 Å². The molecule has 1 fully saturated rings. The number of nitrogens with one attached hydrogen (secondary N) is 2. The summed E-state index contributed by atoms with van der Waals surface area (Å²) in [5, 5.41) is 14.5. The van der Waals surface area contributed by atoms with Crippen molar-refractivity contribution in [3.8, 4) is 0 Å². The van der Waals surface area contributed by atoms with Crippen LogP contribution in [0.15, 0.2) is 48.7 Å². The fourth-order valence-electron chi connectivity index (χ4n) is 3.61. The monoisotopic (exact) mass is 407 g/mol. The molecule has 0 spiro atoms. The lowest BCUT2D eigenvalue weighted by atomic mass is 10.1. The predicted octanol–water partition coefficient (Wildman–Crippen LogP) is 3.37. The molecule has 4 rings (SSSR count). The van der Waals surface area contributed by atoms with E-state index in [-0.39, 0.29) is 17.6 Å². The van der Waals surface area contributed by atoms with Crippen molar-refractivity contribution in [1.29, 1.82) is 0 Å². The fourth-order valence-corrected chi connectivity index (χ4v) is 3.61. The van der Waals surface area contributed by atoms with Crippen molar-refractivity contribution in [2.45, 2.75) is 6.92 Å². The number of non-ortho nitro benzene ring substituents is 1. The molecule has 3 aromatic rings. The second-order valence-corrected chi connectivity index (χ2v) is 7.27. The minimum absolute atomic E-state index is 0.0613. The zero-order valence-corrected chi connectivity index (χ0v) is 16.4. The summed E-state index contributed by atoms with van der Waals surface area (Å²) in [6.07, 6.45) is 1.58. The molecule has 1 aliphatic heterocycles. The van der Waals surface area contributed by atoms with E-state index in [9.17, 15) is 19.7 Å². The first-order valence-corrected chi connectivity index (χ1v) is 9.60. The molecule has 1 saturated heterocycles. The first-order valence-electron chi connectivity index (χ1n) is 9.60. The molecular weight excluding hydrogens is 386 g/mol. The summed E-state index contributed by atoms with van der Waals surface area (Å²) >= 11 is 0. The molecular formula is C21H21N5O4. The number of aromatic amines is 1. The number of nitro benzene ring substituents is 1. The lowest BCUT2D eigenvalue weighted by Gasteiger charge is -2.34. The van der Waals surface area contributed by atoms with Crippen LogP contribution in [-0.2, 0) is 0 Å². The van der Waals surface area contributed by atoms with Gasteiger partial charge in [0.25, 0.3) is 11.6 Å². The molecule has 2 heterocycles. The maximum atomic E-state index is 13.0. The number of carbonyl (C=O) groups excluding carboxylic acids is 2. The van der Waals surface area contributed by atoms with Crippen molar-refractivity contribution in [1.82, 2.24) is 14.8 Å². The van der Waals surface area contributed by atoms with Crippen molar-refractivity contribution in [2.24, 2.45) is 0 Å². The molecule has 3 amide bonds. The van der Waals surface area contributed by atoms with Crippen molar-refractivity contribution < 1.29 is 14.5 Å². The zero-order valence-electron chi connectivity index (χ0n) is 16.4. The van der Waals surface area contributed by atoms with E-state index in [2.05, 4.69) is 10.3 Å². The van der Waals surface area contributed by atoms with Crippen LogP contribution in [0.1, 0.15) is 15.9 Å². The number of carbonyl (C=O) groups is 2. The molecule has 9 nitrogen and oxygen atoms in total. The number of anilines is 1. The van der Waals surface area contributed by atoms with Crippen LogP contribution < -0.4 is 5.32 Å². The average Bonchev–Trinajstić information content (AvgIpc) is 3.16. The van der Waals surface area contributed by atoms with Gasteiger partial charge >= 0.3 is 6.03 Å². The van der Waals surface area contributed by atoms with Gasteiger partial charge in [-0.3, -0.25) is 14.9 Å². The van der Waals surface area contributed by atoms with Gasteiger partial charge in [-0.2, -0.15) is 0 Å². The predicted molar refractivity (Wildman–Crippen MR) is 113 cm³/mol. The standard InChI is InChI=1S/C21H21N5O4/c1-14-3-2-4-15(11-14)23-21(28)25-9-7-24(8-10-25)20(27)18-13-22-19-6-5-16(26(29)30)12-17(18)19/h2-6,11-13,22H,7-10H2,1H3,(H,23,28). The molecule has 2 N–H and O–H groups in total. The van der Waals surface area contributed by atoms with Crippen LogP contribution in [0, 0.1) is 17.0 Å². The molecule has 154 valence electrons. The first kappa shape index (κ1) is 19.4. The minimum atomic E-state index is -0.480. The Balaban J connectivity index is 1.42. The Hall–Kier alpha value is -3.88. The van der Waals surface area contributed by atoms with Gasteiger partial charge < -0.3 is 20.1 Å². The summed E-state index contributed by atoms with van der Waals surface area (Å²) in [7, 11) is 0. The smallest absolute Gasteiger partial charge is 0.321 e. The summed E-state index contributed by atoms with van der Waals surface area (Å²) in [5.74, 6) is -0.208. The summed E-state index contributed by atoms with van der Waals surface area (Å²) in [4.78, 5) is 42.4. The molecule has 0 atom stereocenters. The number of urea groups is 1. The molecule has 1 aliphatic rings. The molecule has 2 aromatic carbocycles. The number of aryl methyl sites for hydroxylation is 1. The van der Waals surface area contributed by atoms with E-state index in [0.29, 0.717) is 42.6 Å². The molecule has 9 heteroatoms. The zero-order chi connectivity index (χ0) is 21.3. The molecule has 1 aromatic heterocycles. The third kappa shape index (κ3) is 3.82. The van der Waals surface area contributed by atoms with E-state index in [1.54, 1.807) is 22.1 Å². The number of fused-ring (bicyclic) bond motifs is 1. The molecule has 0 bridgehead atoms. The highest BCUT2D eigenvalue weighted by molar-refractivity contribution is 6.07. The Morgan fingerprint density at radius 2 is 1.80 bits per heavy atom. The minimum Gasteiger partial charge on any atom is -0.360 e. The summed E-state index contributed by atoms with van der Waals surface area (Å²) in [6.45, 7) is 3.56. The van der Waals surface area contributed by atoms with Gasteiger partial charge in [-0.15, -0.1) is 0 Å². The number of nitro groups is 1. The number of H-pyrrole nitrogens is 1. The Kier molecular flexibility index (Phi) is 5.09. The Morgan fingerprint density at radius 1 is 1.07 bits per heavy atom. The number of rotatable bonds is 3. The number of nitrogens with zero attached hydrogens (tertiary/aromatic N) is 3. The van der Waals surface area contributed by atoms with Gasteiger partial charge in [0.05, 0.1) is 10.5 Å². The third-order valence-corrected chi connectivity index (χ3v) is 5.23. The highest BCUT2D eigenvalue weighted by Crippen LogP contribution is 2.25. The maximum absolute atomic E-state index is 13.0. The van der Waals surface area contributed by atoms with E-state index >= 15 is 0 Å². The Labute approximate surface area is 172 Å². The van der Waals surface area contributed by atoms with Crippen LogP contribution in [0.2, 0.25) is 0 Å². The first-order chi connectivity index (χ1) is 14.4. The second kappa shape index (κ2) is 7.86. The second-order valence-electron chi connectivity index (χ2n) is 7.27. The fraction of sp³-hybridized carbons (Fsp3) is 0.238.